The van der Waals surface area contributed by atoms with Crippen LogP contribution < -0.4 is 10.2 Å². The van der Waals surface area contributed by atoms with Crippen LogP contribution in [0.15, 0.2) is 91.3 Å². The summed E-state index contributed by atoms with van der Waals surface area (Å²) in [6.45, 7) is 2.89. The molecule has 9 heteroatoms. The van der Waals surface area contributed by atoms with Gasteiger partial charge < -0.3 is 10.2 Å². The molecule has 0 atom stereocenters. The van der Waals surface area contributed by atoms with Gasteiger partial charge in [0.1, 0.15) is 12.1 Å². The van der Waals surface area contributed by atoms with Crippen molar-refractivity contribution in [3.05, 3.63) is 124 Å². The summed E-state index contributed by atoms with van der Waals surface area (Å²) in [6.07, 6.45) is 1.35. The SMILES string of the molecule is O=[N+]([O-])c1c(NCc2ccc(F)cc2)ncnc1N1CCN(C(c2ccccc2)c2ccccc2)CC1. The standard InChI is InChI=1S/C28H27FN6O2/c29-24-13-11-21(12-14-24)19-30-27-26(35(36)37)28(32-20-31-27)34-17-15-33(16-18-34)25(22-7-3-1-4-8-22)23-9-5-2-6-10-23/h1-14,20,25H,15-19H2,(H,30,31,32). The van der Waals surface area contributed by atoms with Crippen LogP contribution in [-0.2, 0) is 6.54 Å². The van der Waals surface area contributed by atoms with Gasteiger partial charge in [0.15, 0.2) is 0 Å². The van der Waals surface area contributed by atoms with Crippen LogP contribution in [-0.4, -0.2) is 46.0 Å². The Kier molecular flexibility index (Phi) is 7.32. The normalized spacial score (nSPS) is 14.1. The Morgan fingerprint density at radius 2 is 1.46 bits per heavy atom. The van der Waals surface area contributed by atoms with Gasteiger partial charge in [0.25, 0.3) is 0 Å². The lowest BCUT2D eigenvalue weighted by Crippen LogP contribution is -2.48. The van der Waals surface area contributed by atoms with E-state index >= 15 is 0 Å². The van der Waals surface area contributed by atoms with Gasteiger partial charge in [-0.1, -0.05) is 72.8 Å². The Morgan fingerprint density at radius 3 is 2.03 bits per heavy atom. The van der Waals surface area contributed by atoms with E-state index in [0.717, 1.165) is 5.56 Å². The van der Waals surface area contributed by atoms with Gasteiger partial charge in [-0.15, -0.1) is 0 Å². The second-order valence-corrected chi connectivity index (χ2v) is 8.88. The highest BCUT2D eigenvalue weighted by Crippen LogP contribution is 2.34. The molecule has 0 aliphatic carbocycles. The van der Waals surface area contributed by atoms with Gasteiger partial charge in [-0.3, -0.25) is 15.0 Å². The average Bonchev–Trinajstić information content (AvgIpc) is 2.94. The van der Waals surface area contributed by atoms with E-state index in [1.54, 1.807) is 12.1 Å². The number of nitrogens with zero attached hydrogens (tertiary/aromatic N) is 5. The molecule has 1 fully saturated rings. The van der Waals surface area contributed by atoms with Crippen LogP contribution in [0.3, 0.4) is 0 Å². The number of benzene rings is 3. The summed E-state index contributed by atoms with van der Waals surface area (Å²) in [5.41, 5.74) is 3.06. The fourth-order valence-corrected chi connectivity index (χ4v) is 4.76. The minimum atomic E-state index is -0.439. The first kappa shape index (κ1) is 24.3. The predicted octanol–water partition coefficient (Wildman–Crippen LogP) is 5.05. The molecule has 1 saturated heterocycles. The fourth-order valence-electron chi connectivity index (χ4n) is 4.76. The number of halogens is 1. The lowest BCUT2D eigenvalue weighted by molar-refractivity contribution is -0.383. The van der Waals surface area contributed by atoms with E-state index in [4.69, 9.17) is 0 Å². The average molecular weight is 499 g/mol. The van der Waals surface area contributed by atoms with E-state index in [1.165, 1.54) is 29.6 Å². The molecule has 0 bridgehead atoms. The van der Waals surface area contributed by atoms with E-state index < -0.39 is 4.92 Å². The number of hydrogen-bond acceptors (Lipinski definition) is 7. The number of anilines is 2. The number of hydrogen-bond donors (Lipinski definition) is 1. The van der Waals surface area contributed by atoms with Crippen molar-refractivity contribution in [2.45, 2.75) is 12.6 Å². The molecule has 4 aromatic rings. The molecule has 1 N–H and O–H groups in total. The minimum absolute atomic E-state index is 0.0953. The fraction of sp³-hybridized carbons (Fsp3) is 0.214. The molecule has 8 nitrogen and oxygen atoms in total. The summed E-state index contributed by atoms with van der Waals surface area (Å²) in [6, 6.07) is 26.8. The molecule has 1 aliphatic rings. The quantitative estimate of drug-likeness (QED) is 0.269. The molecule has 0 spiro atoms. The molecule has 0 unspecified atom stereocenters. The Hall–Kier alpha value is -4.37. The van der Waals surface area contributed by atoms with Gasteiger partial charge in [0.05, 0.1) is 11.0 Å². The van der Waals surface area contributed by atoms with Crippen LogP contribution in [0, 0.1) is 15.9 Å². The Balaban J connectivity index is 1.34. The zero-order valence-electron chi connectivity index (χ0n) is 20.2. The topological polar surface area (TPSA) is 87.4 Å². The number of nitro groups is 1. The molecular weight excluding hydrogens is 471 g/mol. The molecule has 188 valence electrons. The lowest BCUT2D eigenvalue weighted by atomic mass is 9.96. The Morgan fingerprint density at radius 1 is 0.865 bits per heavy atom. The molecular formula is C28H27FN6O2. The van der Waals surface area contributed by atoms with E-state index in [2.05, 4.69) is 44.5 Å². The summed E-state index contributed by atoms with van der Waals surface area (Å²) in [7, 11) is 0. The van der Waals surface area contributed by atoms with E-state index in [-0.39, 0.29) is 29.9 Å². The summed E-state index contributed by atoms with van der Waals surface area (Å²) < 4.78 is 13.2. The van der Waals surface area contributed by atoms with Crippen LogP contribution in [0.5, 0.6) is 0 Å². The van der Waals surface area contributed by atoms with Gasteiger partial charge >= 0.3 is 5.69 Å². The van der Waals surface area contributed by atoms with Crippen molar-refractivity contribution in [3.8, 4) is 0 Å². The third kappa shape index (κ3) is 5.57. The minimum Gasteiger partial charge on any atom is -0.360 e. The molecule has 1 aliphatic heterocycles. The number of piperazine rings is 1. The van der Waals surface area contributed by atoms with Crippen LogP contribution in [0.4, 0.5) is 21.7 Å². The third-order valence-corrected chi connectivity index (χ3v) is 6.57. The molecule has 0 saturated carbocycles. The van der Waals surface area contributed by atoms with Crippen molar-refractivity contribution >= 4 is 17.3 Å². The van der Waals surface area contributed by atoms with E-state index in [9.17, 15) is 14.5 Å². The van der Waals surface area contributed by atoms with Crippen LogP contribution in [0.25, 0.3) is 0 Å². The second-order valence-electron chi connectivity index (χ2n) is 8.88. The Labute approximate surface area is 214 Å². The maximum atomic E-state index is 13.2. The first-order valence-electron chi connectivity index (χ1n) is 12.2. The van der Waals surface area contributed by atoms with Crippen molar-refractivity contribution in [2.24, 2.45) is 0 Å². The first-order valence-corrected chi connectivity index (χ1v) is 12.2. The first-order chi connectivity index (χ1) is 18.1. The van der Waals surface area contributed by atoms with Gasteiger partial charge in [-0.05, 0) is 28.8 Å². The lowest BCUT2D eigenvalue weighted by Gasteiger charge is -2.40. The van der Waals surface area contributed by atoms with Crippen molar-refractivity contribution in [2.75, 3.05) is 36.4 Å². The van der Waals surface area contributed by atoms with Gasteiger partial charge in [0.2, 0.25) is 11.6 Å². The third-order valence-electron chi connectivity index (χ3n) is 6.57. The van der Waals surface area contributed by atoms with Gasteiger partial charge in [0, 0.05) is 32.7 Å². The highest BCUT2D eigenvalue weighted by atomic mass is 19.1. The van der Waals surface area contributed by atoms with Crippen molar-refractivity contribution in [3.63, 3.8) is 0 Å². The second kappa shape index (κ2) is 11.1. The van der Waals surface area contributed by atoms with Gasteiger partial charge in [-0.2, -0.15) is 0 Å². The Bertz CT molecular complexity index is 1290. The van der Waals surface area contributed by atoms with Crippen LogP contribution in [0.1, 0.15) is 22.7 Å². The van der Waals surface area contributed by atoms with Crippen LogP contribution in [0.2, 0.25) is 0 Å². The molecule has 1 aromatic heterocycles. The number of nitrogens with one attached hydrogen (secondary N) is 1. The summed E-state index contributed by atoms with van der Waals surface area (Å²) in [4.78, 5) is 24.4. The summed E-state index contributed by atoms with van der Waals surface area (Å²) in [5.74, 6) is 0.116. The van der Waals surface area contributed by atoms with Crippen LogP contribution >= 0.6 is 0 Å². The smallest absolute Gasteiger partial charge is 0.353 e. The zero-order valence-corrected chi connectivity index (χ0v) is 20.2. The molecule has 37 heavy (non-hydrogen) atoms. The molecule has 5 rings (SSSR count). The number of aromatic nitrogens is 2. The van der Waals surface area contributed by atoms with Crippen molar-refractivity contribution in [1.29, 1.82) is 0 Å². The zero-order chi connectivity index (χ0) is 25.6. The van der Waals surface area contributed by atoms with E-state index in [1.807, 2.05) is 41.3 Å². The maximum absolute atomic E-state index is 13.2. The van der Waals surface area contributed by atoms with Crippen molar-refractivity contribution in [1.82, 2.24) is 14.9 Å². The highest BCUT2D eigenvalue weighted by Gasteiger charge is 2.32. The summed E-state index contributed by atoms with van der Waals surface area (Å²) >= 11 is 0. The summed E-state index contributed by atoms with van der Waals surface area (Å²) in [5, 5.41) is 15.1. The van der Waals surface area contributed by atoms with E-state index in [0.29, 0.717) is 32.0 Å². The maximum Gasteiger partial charge on any atom is 0.353 e. The largest absolute Gasteiger partial charge is 0.360 e. The molecule has 0 amide bonds. The highest BCUT2D eigenvalue weighted by molar-refractivity contribution is 5.70. The monoisotopic (exact) mass is 498 g/mol. The molecule has 0 radical (unpaired) electrons. The van der Waals surface area contributed by atoms with Crippen molar-refractivity contribution < 1.29 is 9.31 Å². The molecule has 3 aromatic carbocycles. The number of rotatable bonds is 8. The van der Waals surface area contributed by atoms with Gasteiger partial charge in [-0.25, -0.2) is 14.4 Å². The molecule has 2 heterocycles. The predicted molar refractivity (Wildman–Crippen MR) is 141 cm³/mol.